The highest BCUT2D eigenvalue weighted by molar-refractivity contribution is 6.53. The number of aromatic hydroxyl groups is 1. The van der Waals surface area contributed by atoms with Gasteiger partial charge >= 0.3 is 5.97 Å². The molecule has 3 aromatic carbocycles. The SMILES string of the molecule is CCCOC(=O)c1cccc(N2C(=O)C(Cl)=C(Nc3ccc(C(=O)Nc4ccccc4O)cc3)C2=O)c1. The number of esters is 1. The zero-order valence-corrected chi connectivity index (χ0v) is 20.4. The van der Waals surface area contributed by atoms with Crippen molar-refractivity contribution < 1.29 is 29.0 Å². The van der Waals surface area contributed by atoms with Crippen molar-refractivity contribution in [1.29, 1.82) is 0 Å². The second-order valence-electron chi connectivity index (χ2n) is 7.99. The molecular formula is C27H22ClN3O6. The lowest BCUT2D eigenvalue weighted by Crippen LogP contribution is -2.32. The molecule has 0 unspecified atom stereocenters. The number of benzene rings is 3. The molecule has 0 aromatic heterocycles. The van der Waals surface area contributed by atoms with Crippen LogP contribution >= 0.6 is 11.6 Å². The lowest BCUT2D eigenvalue weighted by Gasteiger charge is -2.16. The van der Waals surface area contributed by atoms with Crippen LogP contribution in [0.3, 0.4) is 0 Å². The molecule has 0 atom stereocenters. The Balaban J connectivity index is 1.48. The summed E-state index contributed by atoms with van der Waals surface area (Å²) < 4.78 is 5.12. The highest BCUT2D eigenvalue weighted by Gasteiger charge is 2.39. The van der Waals surface area contributed by atoms with Gasteiger partial charge in [0, 0.05) is 11.3 Å². The number of hydrogen-bond acceptors (Lipinski definition) is 7. The third kappa shape index (κ3) is 5.46. The van der Waals surface area contributed by atoms with E-state index in [1.54, 1.807) is 30.3 Å². The summed E-state index contributed by atoms with van der Waals surface area (Å²) >= 11 is 6.20. The van der Waals surface area contributed by atoms with Gasteiger partial charge in [-0.15, -0.1) is 0 Å². The summed E-state index contributed by atoms with van der Waals surface area (Å²) in [7, 11) is 0. The number of imide groups is 1. The molecule has 3 amide bonds. The van der Waals surface area contributed by atoms with E-state index in [1.807, 2.05) is 6.92 Å². The van der Waals surface area contributed by atoms with E-state index in [0.29, 0.717) is 17.7 Å². The molecule has 3 N–H and O–H groups in total. The average molecular weight is 520 g/mol. The molecule has 9 nitrogen and oxygen atoms in total. The summed E-state index contributed by atoms with van der Waals surface area (Å²) in [5.74, 6) is -2.51. The van der Waals surface area contributed by atoms with Crippen LogP contribution in [-0.4, -0.2) is 35.4 Å². The number of amides is 3. The monoisotopic (exact) mass is 519 g/mol. The molecule has 1 aliphatic heterocycles. The van der Waals surface area contributed by atoms with Crippen molar-refractivity contribution in [2.75, 3.05) is 22.1 Å². The fraction of sp³-hybridized carbons (Fsp3) is 0.111. The number of para-hydroxylation sites is 2. The van der Waals surface area contributed by atoms with Gasteiger partial charge in [-0.05, 0) is 61.0 Å². The minimum Gasteiger partial charge on any atom is -0.506 e. The highest BCUT2D eigenvalue weighted by atomic mass is 35.5. The van der Waals surface area contributed by atoms with Gasteiger partial charge in [-0.3, -0.25) is 14.4 Å². The number of phenols is 1. The lowest BCUT2D eigenvalue weighted by molar-refractivity contribution is -0.120. The van der Waals surface area contributed by atoms with Gasteiger partial charge in [-0.2, -0.15) is 0 Å². The van der Waals surface area contributed by atoms with Crippen LogP contribution in [0.2, 0.25) is 0 Å². The first-order chi connectivity index (χ1) is 17.8. The molecule has 0 saturated carbocycles. The summed E-state index contributed by atoms with van der Waals surface area (Å²) in [6.07, 6.45) is 0.658. The van der Waals surface area contributed by atoms with Crippen molar-refractivity contribution in [3.63, 3.8) is 0 Å². The van der Waals surface area contributed by atoms with E-state index in [1.165, 1.54) is 42.5 Å². The summed E-state index contributed by atoms with van der Waals surface area (Å²) in [4.78, 5) is 51.5. The maximum Gasteiger partial charge on any atom is 0.338 e. The maximum atomic E-state index is 13.1. The number of carbonyl (C=O) groups is 4. The minimum atomic E-state index is -0.744. The van der Waals surface area contributed by atoms with E-state index in [-0.39, 0.29) is 40.0 Å². The number of halogens is 1. The molecule has 0 aliphatic carbocycles. The van der Waals surface area contributed by atoms with Crippen LogP contribution in [0.4, 0.5) is 17.1 Å². The zero-order valence-electron chi connectivity index (χ0n) is 19.7. The predicted molar refractivity (Wildman–Crippen MR) is 139 cm³/mol. The normalized spacial score (nSPS) is 13.1. The van der Waals surface area contributed by atoms with E-state index < -0.39 is 23.7 Å². The Kier molecular flexibility index (Phi) is 7.55. The Bertz CT molecular complexity index is 1420. The van der Waals surface area contributed by atoms with E-state index in [0.717, 1.165) is 4.90 Å². The Morgan fingerprint density at radius 1 is 0.946 bits per heavy atom. The van der Waals surface area contributed by atoms with Crippen molar-refractivity contribution in [3.05, 3.63) is 94.7 Å². The van der Waals surface area contributed by atoms with Crippen molar-refractivity contribution >= 4 is 52.4 Å². The topological polar surface area (TPSA) is 125 Å². The molecular weight excluding hydrogens is 498 g/mol. The molecule has 0 spiro atoms. The largest absolute Gasteiger partial charge is 0.506 e. The molecule has 1 heterocycles. The highest BCUT2D eigenvalue weighted by Crippen LogP contribution is 2.31. The number of carbonyl (C=O) groups excluding carboxylic acids is 4. The molecule has 1 aliphatic rings. The van der Waals surface area contributed by atoms with Crippen molar-refractivity contribution in [2.45, 2.75) is 13.3 Å². The van der Waals surface area contributed by atoms with Gasteiger partial charge in [0.25, 0.3) is 17.7 Å². The van der Waals surface area contributed by atoms with Crippen molar-refractivity contribution in [1.82, 2.24) is 0 Å². The van der Waals surface area contributed by atoms with Crippen LogP contribution in [-0.2, 0) is 14.3 Å². The second kappa shape index (κ2) is 11.0. The average Bonchev–Trinajstić information content (AvgIpc) is 3.11. The minimum absolute atomic E-state index is 0.0620. The third-order valence-corrected chi connectivity index (χ3v) is 5.72. The standard InChI is InChI=1S/C27H22ClN3O6/c1-2-14-37-27(36)17-6-5-7-19(15-17)31-25(34)22(28)23(26(31)35)29-18-12-10-16(11-13-18)24(33)30-20-8-3-4-9-21(20)32/h3-13,15,29,32H,2,14H2,1H3,(H,30,33). The van der Waals surface area contributed by atoms with Gasteiger partial charge in [0.1, 0.15) is 16.5 Å². The Morgan fingerprint density at radius 3 is 2.38 bits per heavy atom. The predicted octanol–water partition coefficient (Wildman–Crippen LogP) is 4.65. The van der Waals surface area contributed by atoms with Crippen LogP contribution in [0.1, 0.15) is 34.1 Å². The van der Waals surface area contributed by atoms with Crippen LogP contribution in [0.25, 0.3) is 0 Å². The molecule has 10 heteroatoms. The van der Waals surface area contributed by atoms with Gasteiger partial charge in [0.15, 0.2) is 0 Å². The van der Waals surface area contributed by atoms with E-state index in [4.69, 9.17) is 16.3 Å². The number of nitrogens with zero attached hydrogens (tertiary/aromatic N) is 1. The zero-order chi connectivity index (χ0) is 26.5. The lowest BCUT2D eigenvalue weighted by atomic mass is 10.1. The number of hydrogen-bond donors (Lipinski definition) is 3. The van der Waals surface area contributed by atoms with Crippen LogP contribution in [0, 0.1) is 0 Å². The Labute approximate surface area is 217 Å². The molecule has 3 aromatic rings. The number of ether oxygens (including phenoxy) is 1. The van der Waals surface area contributed by atoms with Crippen molar-refractivity contribution in [2.24, 2.45) is 0 Å². The van der Waals surface area contributed by atoms with Gasteiger partial charge in [0.2, 0.25) is 0 Å². The first kappa shape index (κ1) is 25.5. The third-order valence-electron chi connectivity index (χ3n) is 5.37. The summed E-state index contributed by atoms with van der Waals surface area (Å²) in [6.45, 7) is 2.12. The van der Waals surface area contributed by atoms with Crippen molar-refractivity contribution in [3.8, 4) is 5.75 Å². The van der Waals surface area contributed by atoms with E-state index >= 15 is 0 Å². The van der Waals surface area contributed by atoms with Gasteiger partial charge < -0.3 is 20.5 Å². The Hall–Kier alpha value is -4.63. The maximum absolute atomic E-state index is 13.1. The van der Waals surface area contributed by atoms with E-state index in [9.17, 15) is 24.3 Å². The summed E-state index contributed by atoms with van der Waals surface area (Å²) in [5, 5.41) is 15.0. The second-order valence-corrected chi connectivity index (χ2v) is 8.37. The van der Waals surface area contributed by atoms with Gasteiger partial charge in [-0.1, -0.05) is 36.7 Å². The first-order valence-electron chi connectivity index (χ1n) is 11.3. The number of phenolic OH excluding ortho intramolecular Hbond substituents is 1. The molecule has 0 fully saturated rings. The number of anilines is 3. The van der Waals surface area contributed by atoms with Crippen LogP contribution in [0.5, 0.6) is 5.75 Å². The molecule has 0 saturated heterocycles. The fourth-order valence-electron chi connectivity index (χ4n) is 3.52. The van der Waals surface area contributed by atoms with Gasteiger partial charge in [-0.25, -0.2) is 9.69 Å². The molecule has 4 rings (SSSR count). The first-order valence-corrected chi connectivity index (χ1v) is 11.7. The smallest absolute Gasteiger partial charge is 0.338 e. The quantitative estimate of drug-likeness (QED) is 0.225. The fourth-order valence-corrected chi connectivity index (χ4v) is 3.73. The number of rotatable bonds is 8. The van der Waals surface area contributed by atoms with E-state index in [2.05, 4.69) is 10.6 Å². The molecule has 0 radical (unpaired) electrons. The Morgan fingerprint density at radius 2 is 1.68 bits per heavy atom. The summed E-state index contributed by atoms with van der Waals surface area (Å²) in [5.41, 5.74) is 1.21. The summed E-state index contributed by atoms with van der Waals surface area (Å²) in [6, 6.07) is 18.4. The van der Waals surface area contributed by atoms with Crippen LogP contribution < -0.4 is 15.5 Å². The van der Waals surface area contributed by atoms with Gasteiger partial charge in [0.05, 0.1) is 23.5 Å². The van der Waals surface area contributed by atoms with Crippen LogP contribution in [0.15, 0.2) is 83.5 Å². The molecule has 0 bridgehead atoms. The molecule has 188 valence electrons. The molecule has 37 heavy (non-hydrogen) atoms. The number of nitrogens with one attached hydrogen (secondary N) is 2.